The van der Waals surface area contributed by atoms with Gasteiger partial charge in [-0.3, -0.25) is 4.40 Å². The summed E-state index contributed by atoms with van der Waals surface area (Å²) in [7, 11) is 1.32. The summed E-state index contributed by atoms with van der Waals surface area (Å²) >= 11 is 0. The molecule has 4 rings (SSSR count). The van der Waals surface area contributed by atoms with Gasteiger partial charge < -0.3 is 15.8 Å². The van der Waals surface area contributed by atoms with Crippen LogP contribution >= 0.6 is 0 Å². The minimum atomic E-state index is -4.75. The number of nitrogen functional groups attached to an aromatic ring is 1. The van der Waals surface area contributed by atoms with E-state index in [1.807, 2.05) is 0 Å². The number of nitrogens with two attached hydrogens (primary N) is 1. The number of fused-ring (bicyclic) bond motifs is 1. The maximum atomic E-state index is 13.9. The lowest BCUT2D eigenvalue weighted by Crippen LogP contribution is -2.11. The molecule has 12 heteroatoms. The second kappa shape index (κ2) is 7.13. The van der Waals surface area contributed by atoms with Crippen molar-refractivity contribution in [3.05, 3.63) is 54.1 Å². The first-order valence-electron chi connectivity index (χ1n) is 8.43. The van der Waals surface area contributed by atoms with Crippen molar-refractivity contribution in [3.8, 4) is 17.3 Å². The van der Waals surface area contributed by atoms with Gasteiger partial charge in [0.05, 0.1) is 7.11 Å². The van der Waals surface area contributed by atoms with Crippen LogP contribution in [0.4, 0.5) is 35.1 Å². The van der Waals surface area contributed by atoms with Crippen molar-refractivity contribution in [2.45, 2.75) is 6.18 Å². The molecule has 0 aliphatic rings. The van der Waals surface area contributed by atoms with Crippen LogP contribution in [0.3, 0.4) is 0 Å². The first kappa shape index (κ1) is 19.4. The van der Waals surface area contributed by atoms with Gasteiger partial charge in [0, 0.05) is 18.0 Å². The highest BCUT2D eigenvalue weighted by molar-refractivity contribution is 5.65. The second-order valence-corrected chi connectivity index (χ2v) is 6.05. The molecule has 0 radical (unpaired) electrons. The van der Waals surface area contributed by atoms with E-state index in [1.165, 1.54) is 35.9 Å². The zero-order chi connectivity index (χ0) is 21.5. The van der Waals surface area contributed by atoms with E-state index in [-0.39, 0.29) is 34.8 Å². The van der Waals surface area contributed by atoms with Crippen molar-refractivity contribution in [2.24, 2.45) is 0 Å². The minimum absolute atomic E-state index is 0.0250. The largest absolute Gasteiger partial charge is 0.494 e. The Morgan fingerprint density at radius 1 is 1.07 bits per heavy atom. The number of methoxy groups -OCH3 is 1. The molecular weight excluding hydrogens is 406 g/mol. The van der Waals surface area contributed by atoms with E-state index in [0.29, 0.717) is 0 Å². The van der Waals surface area contributed by atoms with Gasteiger partial charge in [-0.05, 0) is 24.3 Å². The predicted molar refractivity (Wildman–Crippen MR) is 99.7 cm³/mol. The summed E-state index contributed by atoms with van der Waals surface area (Å²) in [5, 5.41) is 2.70. The Kier molecular flexibility index (Phi) is 4.60. The molecule has 0 unspecified atom stereocenters. The zero-order valence-corrected chi connectivity index (χ0v) is 15.3. The van der Waals surface area contributed by atoms with E-state index in [9.17, 15) is 17.6 Å². The van der Waals surface area contributed by atoms with E-state index in [1.54, 1.807) is 12.1 Å². The number of anilines is 3. The lowest BCUT2D eigenvalue weighted by atomic mass is 10.3. The van der Waals surface area contributed by atoms with Crippen LogP contribution < -0.4 is 15.8 Å². The molecule has 30 heavy (non-hydrogen) atoms. The fraction of sp³-hybridized carbons (Fsp3) is 0.111. The van der Waals surface area contributed by atoms with Crippen LogP contribution in [0.1, 0.15) is 5.69 Å². The molecular formula is C18H13F4N7O. The molecule has 8 nitrogen and oxygen atoms in total. The maximum absolute atomic E-state index is 13.9. The fourth-order valence-corrected chi connectivity index (χ4v) is 2.83. The molecule has 0 amide bonds. The van der Waals surface area contributed by atoms with Gasteiger partial charge in [-0.2, -0.15) is 28.1 Å². The van der Waals surface area contributed by atoms with E-state index < -0.39 is 23.4 Å². The molecule has 0 bridgehead atoms. The van der Waals surface area contributed by atoms with Crippen LogP contribution in [-0.2, 0) is 6.18 Å². The van der Waals surface area contributed by atoms with Gasteiger partial charge in [0.25, 0.3) is 0 Å². The van der Waals surface area contributed by atoms with Crippen molar-refractivity contribution in [1.82, 2.24) is 24.3 Å². The third-order valence-corrected chi connectivity index (χ3v) is 4.07. The van der Waals surface area contributed by atoms with Crippen molar-refractivity contribution in [1.29, 1.82) is 0 Å². The Bertz CT molecular complexity index is 1240. The highest BCUT2D eigenvalue weighted by Crippen LogP contribution is 2.36. The highest BCUT2D eigenvalue weighted by atomic mass is 19.4. The molecule has 0 fully saturated rings. The summed E-state index contributed by atoms with van der Waals surface area (Å²) in [5.74, 6) is -1.45. The number of nitrogens with one attached hydrogen (secondary N) is 1. The molecule has 4 aromatic rings. The van der Waals surface area contributed by atoms with Gasteiger partial charge in [-0.15, -0.1) is 0 Å². The second-order valence-electron chi connectivity index (χ2n) is 6.05. The average molecular weight is 419 g/mol. The first-order chi connectivity index (χ1) is 14.3. The molecule has 0 spiro atoms. The fourth-order valence-electron chi connectivity index (χ4n) is 2.83. The summed E-state index contributed by atoms with van der Waals surface area (Å²) in [4.78, 5) is 15.4. The zero-order valence-electron chi connectivity index (χ0n) is 15.3. The smallest absolute Gasteiger partial charge is 0.435 e. The van der Waals surface area contributed by atoms with E-state index in [0.717, 1.165) is 6.07 Å². The molecule has 154 valence electrons. The molecule has 0 atom stereocenters. The number of alkyl halides is 3. The van der Waals surface area contributed by atoms with Crippen LogP contribution in [0.5, 0.6) is 5.75 Å². The number of aromatic nitrogens is 5. The van der Waals surface area contributed by atoms with Crippen LogP contribution in [0.2, 0.25) is 0 Å². The monoisotopic (exact) mass is 419 g/mol. The number of imidazole rings is 1. The molecule has 0 saturated carbocycles. The Balaban J connectivity index is 1.82. The summed E-state index contributed by atoms with van der Waals surface area (Å²) in [6, 6.07) is 8.49. The highest BCUT2D eigenvalue weighted by Gasteiger charge is 2.39. The van der Waals surface area contributed by atoms with Gasteiger partial charge >= 0.3 is 6.18 Å². The topological polar surface area (TPSA) is 103 Å². The predicted octanol–water partition coefficient (Wildman–Crippen LogP) is 3.68. The average Bonchev–Trinajstić information content (AvgIpc) is 3.08. The van der Waals surface area contributed by atoms with Gasteiger partial charge in [-0.1, -0.05) is 6.07 Å². The number of rotatable bonds is 4. The lowest BCUT2D eigenvalue weighted by Gasteiger charge is -2.10. The Morgan fingerprint density at radius 3 is 2.57 bits per heavy atom. The van der Waals surface area contributed by atoms with E-state index in [2.05, 4.69) is 25.3 Å². The standard InChI is InChI=1S/C18H13F4N7O/c1-30-11-6-5-9(8-10(11)19)24-17-27-15(26-16(23)28-17)13-14(18(20,21)22)25-12-4-2-3-7-29(12)13/h2-8H,1H3,(H3,23,24,26,27,28). The maximum Gasteiger partial charge on any atom is 0.435 e. The summed E-state index contributed by atoms with van der Waals surface area (Å²) in [6.07, 6.45) is -3.35. The van der Waals surface area contributed by atoms with Gasteiger partial charge in [0.15, 0.2) is 23.1 Å². The molecule has 3 N–H and O–H groups in total. The quantitative estimate of drug-likeness (QED) is 0.487. The van der Waals surface area contributed by atoms with Crippen LogP contribution in [0.25, 0.3) is 17.2 Å². The summed E-state index contributed by atoms with van der Waals surface area (Å²) in [6.45, 7) is 0. The third-order valence-electron chi connectivity index (χ3n) is 4.07. The van der Waals surface area contributed by atoms with Crippen molar-refractivity contribution in [3.63, 3.8) is 0 Å². The number of pyridine rings is 1. The van der Waals surface area contributed by atoms with Gasteiger partial charge in [0.1, 0.15) is 11.3 Å². The number of nitrogens with zero attached hydrogens (tertiary/aromatic N) is 5. The van der Waals surface area contributed by atoms with Crippen LogP contribution in [-0.4, -0.2) is 31.4 Å². The van der Waals surface area contributed by atoms with Crippen LogP contribution in [0.15, 0.2) is 42.6 Å². The third kappa shape index (κ3) is 3.54. The van der Waals surface area contributed by atoms with E-state index in [4.69, 9.17) is 10.5 Å². The normalized spacial score (nSPS) is 11.6. The number of benzene rings is 1. The molecule has 0 aliphatic carbocycles. The minimum Gasteiger partial charge on any atom is -0.494 e. The van der Waals surface area contributed by atoms with Gasteiger partial charge in [0.2, 0.25) is 11.9 Å². The van der Waals surface area contributed by atoms with Gasteiger partial charge in [-0.25, -0.2) is 9.37 Å². The number of halogens is 4. The number of hydrogen-bond acceptors (Lipinski definition) is 7. The summed E-state index contributed by atoms with van der Waals surface area (Å²) < 4.78 is 60.7. The van der Waals surface area contributed by atoms with Crippen molar-refractivity contribution < 1.29 is 22.3 Å². The Labute approximate surface area is 166 Å². The summed E-state index contributed by atoms with van der Waals surface area (Å²) in [5.41, 5.74) is 4.43. The van der Waals surface area contributed by atoms with Crippen molar-refractivity contribution >= 4 is 23.2 Å². The molecule has 3 heterocycles. The Hall–Kier alpha value is -3.96. The van der Waals surface area contributed by atoms with E-state index >= 15 is 0 Å². The molecule has 1 aromatic carbocycles. The lowest BCUT2D eigenvalue weighted by molar-refractivity contribution is -0.140. The Morgan fingerprint density at radius 2 is 1.87 bits per heavy atom. The van der Waals surface area contributed by atoms with Crippen molar-refractivity contribution in [2.75, 3.05) is 18.2 Å². The number of hydrogen-bond donors (Lipinski definition) is 2. The SMILES string of the molecule is COc1ccc(Nc2nc(N)nc(-c3c(C(F)(F)F)nc4ccccn34)n2)cc1F. The van der Waals surface area contributed by atoms with Crippen LogP contribution in [0, 0.1) is 5.82 Å². The first-order valence-corrected chi connectivity index (χ1v) is 8.43. The molecule has 0 aliphatic heterocycles. The molecule has 3 aromatic heterocycles. The molecule has 0 saturated heterocycles. The number of ether oxygens (including phenoxy) is 1.